The van der Waals surface area contributed by atoms with Crippen molar-refractivity contribution in [2.75, 3.05) is 13.1 Å². The fraction of sp³-hybridized carbons (Fsp3) is 0.455. The number of amides is 1. The summed E-state index contributed by atoms with van der Waals surface area (Å²) in [5.41, 5.74) is 0. The second kappa shape index (κ2) is 6.83. The zero-order valence-corrected chi connectivity index (χ0v) is 12.3. The van der Waals surface area contributed by atoms with Crippen molar-refractivity contribution >= 4 is 27.5 Å². The van der Waals surface area contributed by atoms with E-state index in [0.717, 1.165) is 0 Å². The Labute approximate surface area is 117 Å². The molecular formula is C11H16ClN3O3S. The van der Waals surface area contributed by atoms with E-state index in [2.05, 4.69) is 15.0 Å². The third-order valence-electron chi connectivity index (χ3n) is 2.14. The van der Waals surface area contributed by atoms with Gasteiger partial charge >= 0.3 is 0 Å². The fourth-order valence-corrected chi connectivity index (χ4v) is 2.41. The second-order valence-electron chi connectivity index (χ2n) is 4.34. The number of aromatic nitrogens is 1. The fourth-order valence-electron chi connectivity index (χ4n) is 1.18. The molecule has 0 aliphatic heterocycles. The van der Waals surface area contributed by atoms with Gasteiger partial charge in [-0.25, -0.2) is 18.1 Å². The molecule has 0 fully saturated rings. The van der Waals surface area contributed by atoms with Gasteiger partial charge in [-0.1, -0.05) is 25.4 Å². The Hall–Kier alpha value is -1.18. The van der Waals surface area contributed by atoms with E-state index in [1.807, 2.05) is 13.8 Å². The van der Waals surface area contributed by atoms with Crippen molar-refractivity contribution in [2.45, 2.75) is 18.7 Å². The van der Waals surface area contributed by atoms with Crippen LogP contribution in [0.15, 0.2) is 23.2 Å². The highest BCUT2D eigenvalue weighted by atomic mass is 35.5. The predicted octanol–water partition coefficient (Wildman–Crippen LogP) is 0.785. The number of sulfonamides is 1. The SMILES string of the molecule is CC(C)CNC(=O)CNS(=O)(=O)c1ccnc(Cl)c1. The molecule has 0 unspecified atom stereocenters. The smallest absolute Gasteiger partial charge is 0.241 e. The Bertz CT molecular complexity index is 546. The summed E-state index contributed by atoms with van der Waals surface area (Å²) in [5.74, 6) is -0.0722. The number of hydrogen-bond donors (Lipinski definition) is 2. The van der Waals surface area contributed by atoms with Crippen LogP contribution in [0.2, 0.25) is 5.15 Å². The van der Waals surface area contributed by atoms with Crippen LogP contribution in [-0.2, 0) is 14.8 Å². The molecule has 0 saturated heterocycles. The minimum absolute atomic E-state index is 0.0239. The molecule has 1 amide bonds. The lowest BCUT2D eigenvalue weighted by Crippen LogP contribution is -2.38. The summed E-state index contributed by atoms with van der Waals surface area (Å²) in [6, 6.07) is 2.52. The summed E-state index contributed by atoms with van der Waals surface area (Å²) in [6.45, 7) is 4.09. The first kappa shape index (κ1) is 15.9. The number of nitrogens with zero attached hydrogens (tertiary/aromatic N) is 1. The molecule has 1 aromatic heterocycles. The highest BCUT2D eigenvalue weighted by Gasteiger charge is 2.16. The lowest BCUT2D eigenvalue weighted by atomic mass is 10.2. The molecule has 2 N–H and O–H groups in total. The van der Waals surface area contributed by atoms with E-state index in [-0.39, 0.29) is 22.5 Å². The normalized spacial score (nSPS) is 11.6. The molecule has 0 radical (unpaired) electrons. The Morgan fingerprint density at radius 1 is 1.47 bits per heavy atom. The topological polar surface area (TPSA) is 88.2 Å². The highest BCUT2D eigenvalue weighted by Crippen LogP contribution is 2.12. The average molecular weight is 306 g/mol. The molecule has 106 valence electrons. The van der Waals surface area contributed by atoms with Crippen molar-refractivity contribution in [1.29, 1.82) is 0 Å². The van der Waals surface area contributed by atoms with Crippen LogP contribution < -0.4 is 10.0 Å². The summed E-state index contributed by atoms with van der Waals surface area (Å²) in [4.78, 5) is 15.1. The first-order valence-electron chi connectivity index (χ1n) is 5.69. The molecule has 0 aliphatic rings. The Morgan fingerprint density at radius 2 is 2.16 bits per heavy atom. The van der Waals surface area contributed by atoms with Crippen LogP contribution in [0.25, 0.3) is 0 Å². The van der Waals surface area contributed by atoms with E-state index in [1.54, 1.807) is 0 Å². The number of nitrogens with one attached hydrogen (secondary N) is 2. The van der Waals surface area contributed by atoms with Crippen molar-refractivity contribution < 1.29 is 13.2 Å². The predicted molar refractivity (Wildman–Crippen MR) is 72.3 cm³/mol. The van der Waals surface area contributed by atoms with E-state index >= 15 is 0 Å². The zero-order chi connectivity index (χ0) is 14.5. The summed E-state index contributed by atoms with van der Waals surface area (Å²) in [6.07, 6.45) is 1.29. The van der Waals surface area contributed by atoms with Crippen molar-refractivity contribution in [3.63, 3.8) is 0 Å². The third kappa shape index (κ3) is 5.54. The van der Waals surface area contributed by atoms with Gasteiger partial charge in [0, 0.05) is 12.7 Å². The summed E-state index contributed by atoms with van der Waals surface area (Å²) in [5, 5.41) is 2.69. The maximum atomic E-state index is 11.8. The Balaban J connectivity index is 2.59. The number of halogens is 1. The monoisotopic (exact) mass is 305 g/mol. The van der Waals surface area contributed by atoms with Crippen LogP contribution in [0.5, 0.6) is 0 Å². The van der Waals surface area contributed by atoms with E-state index < -0.39 is 10.0 Å². The maximum absolute atomic E-state index is 11.8. The first-order chi connectivity index (χ1) is 8.81. The van der Waals surface area contributed by atoms with Gasteiger partial charge in [-0.2, -0.15) is 0 Å². The lowest BCUT2D eigenvalue weighted by molar-refractivity contribution is -0.120. The van der Waals surface area contributed by atoms with Crippen molar-refractivity contribution in [3.8, 4) is 0 Å². The van der Waals surface area contributed by atoms with E-state index in [0.29, 0.717) is 12.5 Å². The molecule has 0 atom stereocenters. The summed E-state index contributed by atoms with van der Waals surface area (Å²) >= 11 is 5.62. The molecule has 6 nitrogen and oxygen atoms in total. The summed E-state index contributed by atoms with van der Waals surface area (Å²) < 4.78 is 25.9. The van der Waals surface area contributed by atoms with Gasteiger partial charge in [-0.05, 0) is 18.1 Å². The standard InChI is InChI=1S/C11H16ClN3O3S/c1-8(2)6-14-11(16)7-15-19(17,18)9-3-4-13-10(12)5-9/h3-5,8,15H,6-7H2,1-2H3,(H,14,16). The lowest BCUT2D eigenvalue weighted by Gasteiger charge is -2.09. The number of carbonyl (C=O) groups excluding carboxylic acids is 1. The minimum atomic E-state index is -3.75. The number of hydrogen-bond acceptors (Lipinski definition) is 4. The maximum Gasteiger partial charge on any atom is 0.241 e. The van der Waals surface area contributed by atoms with Crippen LogP contribution in [0, 0.1) is 5.92 Å². The van der Waals surface area contributed by atoms with Crippen LogP contribution in [0.3, 0.4) is 0 Å². The molecule has 0 bridgehead atoms. The average Bonchev–Trinajstić information content (AvgIpc) is 2.34. The Kier molecular flexibility index (Phi) is 5.71. The van der Waals surface area contributed by atoms with Gasteiger partial charge in [0.05, 0.1) is 11.4 Å². The molecule has 1 heterocycles. The molecule has 0 spiro atoms. The molecular weight excluding hydrogens is 290 g/mol. The van der Waals surface area contributed by atoms with Gasteiger partial charge in [0.2, 0.25) is 15.9 Å². The molecule has 0 aliphatic carbocycles. The molecule has 19 heavy (non-hydrogen) atoms. The Morgan fingerprint density at radius 3 is 2.74 bits per heavy atom. The number of carbonyl (C=O) groups is 1. The van der Waals surface area contributed by atoms with Gasteiger partial charge in [-0.3, -0.25) is 4.79 Å². The van der Waals surface area contributed by atoms with Crippen molar-refractivity contribution in [3.05, 3.63) is 23.5 Å². The quantitative estimate of drug-likeness (QED) is 0.760. The van der Waals surface area contributed by atoms with Gasteiger partial charge in [-0.15, -0.1) is 0 Å². The van der Waals surface area contributed by atoms with Crippen LogP contribution in [0.4, 0.5) is 0 Å². The van der Waals surface area contributed by atoms with Gasteiger partial charge in [0.15, 0.2) is 0 Å². The van der Waals surface area contributed by atoms with Gasteiger partial charge < -0.3 is 5.32 Å². The first-order valence-corrected chi connectivity index (χ1v) is 7.55. The van der Waals surface area contributed by atoms with Gasteiger partial charge in [0.1, 0.15) is 5.15 Å². The van der Waals surface area contributed by atoms with Crippen LogP contribution >= 0.6 is 11.6 Å². The molecule has 0 aromatic carbocycles. The highest BCUT2D eigenvalue weighted by molar-refractivity contribution is 7.89. The van der Waals surface area contributed by atoms with Crippen LogP contribution in [-0.4, -0.2) is 32.4 Å². The van der Waals surface area contributed by atoms with E-state index in [9.17, 15) is 13.2 Å². The van der Waals surface area contributed by atoms with E-state index in [1.165, 1.54) is 18.3 Å². The molecule has 1 aromatic rings. The largest absolute Gasteiger partial charge is 0.355 e. The van der Waals surface area contributed by atoms with Crippen LogP contribution in [0.1, 0.15) is 13.8 Å². The van der Waals surface area contributed by atoms with E-state index in [4.69, 9.17) is 11.6 Å². The van der Waals surface area contributed by atoms with Crippen molar-refractivity contribution in [1.82, 2.24) is 15.0 Å². The molecule has 1 rings (SSSR count). The molecule has 0 saturated carbocycles. The minimum Gasteiger partial charge on any atom is -0.355 e. The number of pyridine rings is 1. The van der Waals surface area contributed by atoms with Gasteiger partial charge in [0.25, 0.3) is 0 Å². The van der Waals surface area contributed by atoms with Crippen molar-refractivity contribution in [2.24, 2.45) is 5.92 Å². The second-order valence-corrected chi connectivity index (χ2v) is 6.49. The summed E-state index contributed by atoms with van der Waals surface area (Å²) in [7, 11) is -3.75. The number of rotatable bonds is 6. The zero-order valence-electron chi connectivity index (χ0n) is 10.7. The molecule has 8 heteroatoms. The third-order valence-corrected chi connectivity index (χ3v) is 3.74.